The number of primary amides is 1. The van der Waals surface area contributed by atoms with Crippen molar-refractivity contribution in [2.45, 2.75) is 37.8 Å². The molecule has 0 radical (unpaired) electrons. The fraction of sp³-hybridized carbons (Fsp3) is 0.615. The first-order chi connectivity index (χ1) is 9.65. The minimum absolute atomic E-state index is 0.158. The maximum absolute atomic E-state index is 10.8. The van der Waals surface area contributed by atoms with E-state index in [1.165, 1.54) is 0 Å². The van der Waals surface area contributed by atoms with Gasteiger partial charge in [-0.2, -0.15) is 0 Å². The molecule has 1 amide bonds. The third-order valence-electron chi connectivity index (χ3n) is 3.40. The average Bonchev–Trinajstić information content (AvgIpc) is 2.46. The molecule has 1 fully saturated rings. The van der Waals surface area contributed by atoms with Crippen LogP contribution < -0.4 is 16.8 Å². The van der Waals surface area contributed by atoms with Crippen molar-refractivity contribution in [3.63, 3.8) is 0 Å². The second-order valence-corrected chi connectivity index (χ2v) is 5.00. The number of nitrogens with one attached hydrogen (secondary N) is 1. The Hall–Kier alpha value is -1.73. The van der Waals surface area contributed by atoms with Crippen molar-refractivity contribution in [1.29, 1.82) is 0 Å². The molecule has 20 heavy (non-hydrogen) atoms. The van der Waals surface area contributed by atoms with Gasteiger partial charge in [-0.15, -0.1) is 10.2 Å². The molecule has 0 aromatic carbocycles. The monoisotopic (exact) mass is 279 g/mol. The van der Waals surface area contributed by atoms with Gasteiger partial charge in [0.05, 0.1) is 12.7 Å². The molecule has 0 spiro atoms. The molecule has 1 saturated carbocycles. The fourth-order valence-electron chi connectivity index (χ4n) is 2.22. The molecule has 5 N–H and O–H groups in total. The lowest BCUT2D eigenvalue weighted by Gasteiger charge is -2.26. The minimum Gasteiger partial charge on any atom is -0.376 e. The summed E-state index contributed by atoms with van der Waals surface area (Å²) >= 11 is 0. The molecule has 0 atom stereocenters. The normalized spacial score (nSPS) is 22.4. The van der Waals surface area contributed by atoms with Gasteiger partial charge in [-0.1, -0.05) is 0 Å². The summed E-state index contributed by atoms with van der Waals surface area (Å²) < 4.78 is 5.77. The van der Waals surface area contributed by atoms with Gasteiger partial charge >= 0.3 is 0 Å². The number of nitrogens with zero attached hydrogens (tertiary/aromatic N) is 2. The lowest BCUT2D eigenvalue weighted by molar-refractivity contribution is 0.0313. The van der Waals surface area contributed by atoms with Gasteiger partial charge in [0.25, 0.3) is 5.91 Å². The topological polar surface area (TPSA) is 116 Å². The Morgan fingerprint density at radius 2 is 2.05 bits per heavy atom. The van der Waals surface area contributed by atoms with E-state index in [1.807, 2.05) is 0 Å². The van der Waals surface area contributed by atoms with Crippen molar-refractivity contribution < 1.29 is 9.53 Å². The van der Waals surface area contributed by atoms with Crippen LogP contribution in [0.3, 0.4) is 0 Å². The van der Waals surface area contributed by atoms with Crippen LogP contribution in [-0.4, -0.2) is 41.4 Å². The maximum Gasteiger partial charge on any atom is 0.269 e. The minimum atomic E-state index is -0.581. The summed E-state index contributed by atoms with van der Waals surface area (Å²) in [5.41, 5.74) is 11.1. The van der Waals surface area contributed by atoms with Gasteiger partial charge in [-0.25, -0.2) is 0 Å². The molecule has 7 heteroatoms. The Kier molecular flexibility index (Phi) is 5.25. The Morgan fingerprint density at radius 1 is 1.30 bits per heavy atom. The lowest BCUT2D eigenvalue weighted by Crippen LogP contribution is -2.31. The highest BCUT2D eigenvalue weighted by Gasteiger charge is 2.18. The molecule has 1 aliphatic rings. The molecule has 7 nitrogen and oxygen atoms in total. The van der Waals surface area contributed by atoms with Crippen molar-refractivity contribution in [3.05, 3.63) is 17.8 Å². The van der Waals surface area contributed by atoms with Gasteiger partial charge in [0.2, 0.25) is 0 Å². The Balaban J connectivity index is 1.64. The Labute approximate surface area is 118 Å². The first kappa shape index (κ1) is 14.7. The van der Waals surface area contributed by atoms with Gasteiger partial charge < -0.3 is 21.5 Å². The summed E-state index contributed by atoms with van der Waals surface area (Å²) in [5.74, 6) is 0.0205. The number of ether oxygens (including phenoxy) is 1. The van der Waals surface area contributed by atoms with Gasteiger partial charge in [0, 0.05) is 12.6 Å². The first-order valence-corrected chi connectivity index (χ1v) is 6.89. The fourth-order valence-corrected chi connectivity index (χ4v) is 2.22. The van der Waals surface area contributed by atoms with E-state index < -0.39 is 5.91 Å². The highest BCUT2D eigenvalue weighted by Crippen LogP contribution is 2.19. The highest BCUT2D eigenvalue weighted by molar-refractivity contribution is 5.90. The predicted molar refractivity (Wildman–Crippen MR) is 75.2 cm³/mol. The number of carbonyl (C=O) groups excluding carboxylic acids is 1. The zero-order valence-corrected chi connectivity index (χ0v) is 11.4. The highest BCUT2D eigenvalue weighted by atomic mass is 16.5. The molecule has 2 rings (SSSR count). The standard InChI is InChI=1S/C13H21N5O2/c14-9-1-3-10(4-2-9)20-8-7-16-12-6-5-11(13(15)19)17-18-12/h5-6,9-10H,1-4,7-8,14H2,(H2,15,19)(H,16,18). The van der Waals surface area contributed by atoms with Crippen LogP contribution in [0, 0.1) is 0 Å². The third kappa shape index (κ3) is 4.43. The second kappa shape index (κ2) is 7.16. The van der Waals surface area contributed by atoms with E-state index in [1.54, 1.807) is 12.1 Å². The number of carbonyl (C=O) groups is 1. The number of aromatic nitrogens is 2. The molecule has 0 bridgehead atoms. The average molecular weight is 279 g/mol. The van der Waals surface area contributed by atoms with E-state index in [0.717, 1.165) is 25.7 Å². The molecule has 1 aromatic heterocycles. The van der Waals surface area contributed by atoms with E-state index in [0.29, 0.717) is 31.1 Å². The number of rotatable bonds is 6. The summed E-state index contributed by atoms with van der Waals surface area (Å²) in [6.07, 6.45) is 4.47. The SMILES string of the molecule is NC(=O)c1ccc(NCCOC2CCC(N)CC2)nn1. The van der Waals surface area contributed by atoms with E-state index in [4.69, 9.17) is 16.2 Å². The van der Waals surface area contributed by atoms with Gasteiger partial charge in [0.1, 0.15) is 5.82 Å². The number of anilines is 1. The summed E-state index contributed by atoms with van der Waals surface area (Å²) in [4.78, 5) is 10.8. The summed E-state index contributed by atoms with van der Waals surface area (Å²) in [6, 6.07) is 3.56. The zero-order valence-electron chi connectivity index (χ0n) is 11.4. The van der Waals surface area contributed by atoms with Crippen LogP contribution in [0.25, 0.3) is 0 Å². The zero-order chi connectivity index (χ0) is 14.4. The molecule has 0 aliphatic heterocycles. The van der Waals surface area contributed by atoms with E-state index in [9.17, 15) is 4.79 Å². The van der Waals surface area contributed by atoms with E-state index >= 15 is 0 Å². The van der Waals surface area contributed by atoms with E-state index in [2.05, 4.69) is 15.5 Å². The van der Waals surface area contributed by atoms with E-state index in [-0.39, 0.29) is 5.69 Å². The maximum atomic E-state index is 10.8. The Bertz CT molecular complexity index is 429. The van der Waals surface area contributed by atoms with Crippen LogP contribution in [0.15, 0.2) is 12.1 Å². The number of hydrogen-bond acceptors (Lipinski definition) is 6. The molecule has 0 saturated heterocycles. The first-order valence-electron chi connectivity index (χ1n) is 6.89. The second-order valence-electron chi connectivity index (χ2n) is 5.00. The van der Waals surface area contributed by atoms with Crippen LogP contribution in [0.5, 0.6) is 0 Å². The van der Waals surface area contributed by atoms with Gasteiger partial charge in [-0.05, 0) is 37.8 Å². The van der Waals surface area contributed by atoms with Crippen LogP contribution in [0.1, 0.15) is 36.2 Å². The van der Waals surface area contributed by atoms with Crippen molar-refractivity contribution in [2.75, 3.05) is 18.5 Å². The summed E-state index contributed by atoms with van der Waals surface area (Å²) in [5, 5.41) is 10.7. The molecule has 1 aliphatic carbocycles. The third-order valence-corrected chi connectivity index (χ3v) is 3.40. The van der Waals surface area contributed by atoms with Crippen molar-refractivity contribution in [2.24, 2.45) is 11.5 Å². The molecule has 0 unspecified atom stereocenters. The van der Waals surface area contributed by atoms with Crippen molar-refractivity contribution in [3.8, 4) is 0 Å². The molecule has 110 valence electrons. The lowest BCUT2D eigenvalue weighted by atomic mass is 9.94. The largest absolute Gasteiger partial charge is 0.376 e. The predicted octanol–water partition coefficient (Wildman–Crippen LogP) is 0.274. The number of amides is 1. The Morgan fingerprint density at radius 3 is 2.65 bits per heavy atom. The molecular formula is C13H21N5O2. The smallest absolute Gasteiger partial charge is 0.269 e. The van der Waals surface area contributed by atoms with Crippen molar-refractivity contribution in [1.82, 2.24) is 10.2 Å². The number of nitrogens with two attached hydrogens (primary N) is 2. The molecule has 1 aromatic rings. The summed E-state index contributed by atoms with van der Waals surface area (Å²) in [7, 11) is 0. The molecular weight excluding hydrogens is 258 g/mol. The van der Waals surface area contributed by atoms with Gasteiger partial charge in [-0.3, -0.25) is 4.79 Å². The van der Waals surface area contributed by atoms with Crippen LogP contribution in [0.2, 0.25) is 0 Å². The van der Waals surface area contributed by atoms with Gasteiger partial charge in [0.15, 0.2) is 5.69 Å². The summed E-state index contributed by atoms with van der Waals surface area (Å²) in [6.45, 7) is 1.26. The van der Waals surface area contributed by atoms with Crippen LogP contribution >= 0.6 is 0 Å². The molecule has 1 heterocycles. The quantitative estimate of drug-likeness (QED) is 0.644. The van der Waals surface area contributed by atoms with Crippen LogP contribution in [0.4, 0.5) is 5.82 Å². The van der Waals surface area contributed by atoms with Crippen LogP contribution in [-0.2, 0) is 4.74 Å². The van der Waals surface area contributed by atoms with Crippen molar-refractivity contribution >= 4 is 11.7 Å². The number of hydrogen-bond donors (Lipinski definition) is 3.